The lowest BCUT2D eigenvalue weighted by molar-refractivity contribution is -0.172. The lowest BCUT2D eigenvalue weighted by Gasteiger charge is -2.35. The lowest BCUT2D eigenvalue weighted by atomic mass is 10.1. The van der Waals surface area contributed by atoms with E-state index >= 15 is 0 Å². The minimum absolute atomic E-state index is 0.264. The average molecular weight is 250 g/mol. The van der Waals surface area contributed by atoms with E-state index in [9.17, 15) is 19.8 Å². The zero-order valence-corrected chi connectivity index (χ0v) is 9.77. The Balaban J connectivity index is 2.66. The fourth-order valence-corrected chi connectivity index (χ4v) is 2.46. The molecule has 4 atom stereocenters. The van der Waals surface area contributed by atoms with Crippen LogP contribution in [-0.4, -0.2) is 51.7 Å². The van der Waals surface area contributed by atoms with Gasteiger partial charge in [-0.15, -0.1) is 11.8 Å². The van der Waals surface area contributed by atoms with Crippen molar-refractivity contribution in [2.75, 3.05) is 5.75 Å². The zero-order valence-electron chi connectivity index (χ0n) is 8.95. The van der Waals surface area contributed by atoms with Crippen LogP contribution in [0.25, 0.3) is 0 Å². The minimum Gasteiger partial charge on any atom is -0.459 e. The molecule has 0 spiro atoms. The first-order chi connectivity index (χ1) is 7.41. The maximum Gasteiger partial charge on any atom is 0.303 e. The smallest absolute Gasteiger partial charge is 0.303 e. The molecule has 7 heteroatoms. The topological polar surface area (TPSA) is 93.1 Å². The molecule has 0 aromatic carbocycles. The Morgan fingerprint density at radius 1 is 1.19 bits per heavy atom. The van der Waals surface area contributed by atoms with E-state index in [1.165, 1.54) is 13.8 Å². The van der Waals surface area contributed by atoms with Crippen molar-refractivity contribution >= 4 is 23.7 Å². The van der Waals surface area contributed by atoms with Gasteiger partial charge in [0.1, 0.15) is 17.6 Å². The number of ether oxygens (including phenoxy) is 2. The van der Waals surface area contributed by atoms with E-state index in [4.69, 9.17) is 9.47 Å². The summed E-state index contributed by atoms with van der Waals surface area (Å²) < 4.78 is 9.63. The molecule has 1 rings (SSSR count). The van der Waals surface area contributed by atoms with Gasteiger partial charge in [0.25, 0.3) is 0 Å². The second-order valence-corrected chi connectivity index (χ2v) is 4.59. The van der Waals surface area contributed by atoms with Crippen LogP contribution in [0.1, 0.15) is 13.8 Å². The van der Waals surface area contributed by atoms with Crippen LogP contribution in [0.15, 0.2) is 0 Å². The van der Waals surface area contributed by atoms with Gasteiger partial charge in [-0.2, -0.15) is 0 Å². The Labute approximate surface area is 96.9 Å². The highest BCUT2D eigenvalue weighted by Gasteiger charge is 2.42. The molecule has 2 N–H and O–H groups in total. The van der Waals surface area contributed by atoms with Crippen molar-refractivity contribution in [3.05, 3.63) is 0 Å². The maximum atomic E-state index is 10.8. The molecular weight excluding hydrogens is 236 g/mol. The predicted molar refractivity (Wildman–Crippen MR) is 55.6 cm³/mol. The first-order valence-electron chi connectivity index (χ1n) is 4.74. The molecule has 16 heavy (non-hydrogen) atoms. The van der Waals surface area contributed by atoms with Crippen LogP contribution in [0.5, 0.6) is 0 Å². The highest BCUT2D eigenvalue weighted by atomic mass is 32.2. The Kier molecular flexibility index (Phi) is 4.57. The number of aliphatic hydroxyl groups is 2. The third-order valence-electron chi connectivity index (χ3n) is 2.05. The van der Waals surface area contributed by atoms with Crippen molar-refractivity contribution in [2.24, 2.45) is 0 Å². The first kappa shape index (κ1) is 13.3. The molecule has 92 valence electrons. The van der Waals surface area contributed by atoms with E-state index in [0.29, 0.717) is 0 Å². The van der Waals surface area contributed by atoms with Crippen LogP contribution in [0.2, 0.25) is 0 Å². The summed E-state index contributed by atoms with van der Waals surface area (Å²) in [6.07, 6.45) is -3.04. The Morgan fingerprint density at radius 3 is 2.25 bits per heavy atom. The van der Waals surface area contributed by atoms with Crippen LogP contribution in [-0.2, 0) is 19.1 Å². The van der Waals surface area contributed by atoms with Crippen LogP contribution in [0.3, 0.4) is 0 Å². The number of rotatable bonds is 2. The van der Waals surface area contributed by atoms with Gasteiger partial charge in [-0.1, -0.05) is 0 Å². The van der Waals surface area contributed by atoms with Crippen molar-refractivity contribution in [1.82, 2.24) is 0 Å². The van der Waals surface area contributed by atoms with E-state index in [0.717, 1.165) is 11.8 Å². The first-order valence-corrected chi connectivity index (χ1v) is 5.79. The monoisotopic (exact) mass is 250 g/mol. The van der Waals surface area contributed by atoms with Crippen LogP contribution < -0.4 is 0 Å². The van der Waals surface area contributed by atoms with E-state index in [1.54, 1.807) is 0 Å². The van der Waals surface area contributed by atoms with Gasteiger partial charge in [0.2, 0.25) is 0 Å². The molecule has 0 aliphatic carbocycles. The molecule has 1 saturated heterocycles. The van der Waals surface area contributed by atoms with Gasteiger partial charge in [-0.3, -0.25) is 9.59 Å². The van der Waals surface area contributed by atoms with Gasteiger partial charge in [-0.25, -0.2) is 0 Å². The van der Waals surface area contributed by atoms with E-state index in [2.05, 4.69) is 0 Å². The van der Waals surface area contributed by atoms with Gasteiger partial charge >= 0.3 is 11.9 Å². The van der Waals surface area contributed by atoms with Gasteiger partial charge < -0.3 is 19.7 Å². The number of aliphatic hydroxyl groups excluding tert-OH is 2. The standard InChI is InChI=1S/C9H14O6S/c1-4(10)14-6-3-16-9(13)8(7(6)12)15-5(2)11/h6-9,12-13H,3H2,1-2H3/t6-,7+,8-,9-/m1/s1. The van der Waals surface area contributed by atoms with Crippen LogP contribution >= 0.6 is 11.8 Å². The molecule has 6 nitrogen and oxygen atoms in total. The SMILES string of the molecule is CC(=O)O[C@@H]1[C@@H](O)[C@H](OC(C)=O)CS[C@H]1O. The number of carbonyl (C=O) groups excluding carboxylic acids is 2. The molecule has 1 heterocycles. The summed E-state index contributed by atoms with van der Waals surface area (Å²) in [6, 6.07) is 0. The molecular formula is C9H14O6S. The predicted octanol–water partition coefficient (Wildman–Crippen LogP) is -0.724. The van der Waals surface area contributed by atoms with Gasteiger partial charge in [-0.05, 0) is 0 Å². The van der Waals surface area contributed by atoms with Gasteiger partial charge in [0.05, 0.1) is 0 Å². The third kappa shape index (κ3) is 3.36. The summed E-state index contributed by atoms with van der Waals surface area (Å²) in [6.45, 7) is 2.41. The fraction of sp³-hybridized carbons (Fsp3) is 0.778. The molecule has 0 bridgehead atoms. The summed E-state index contributed by atoms with van der Waals surface area (Å²) in [4.78, 5) is 21.5. The molecule has 0 aromatic heterocycles. The number of carbonyl (C=O) groups is 2. The molecule has 0 amide bonds. The number of thioether (sulfide) groups is 1. The summed E-state index contributed by atoms with van der Waals surface area (Å²) in [5.41, 5.74) is -1.01. The number of hydrogen-bond donors (Lipinski definition) is 2. The van der Waals surface area contributed by atoms with Crippen molar-refractivity contribution in [3.63, 3.8) is 0 Å². The van der Waals surface area contributed by atoms with Crippen molar-refractivity contribution in [1.29, 1.82) is 0 Å². The summed E-state index contributed by atoms with van der Waals surface area (Å²) in [5.74, 6) is -0.866. The normalized spacial score (nSPS) is 34.2. The molecule has 0 aromatic rings. The molecule has 1 fully saturated rings. The number of hydrogen-bond acceptors (Lipinski definition) is 7. The summed E-state index contributed by atoms with van der Waals surface area (Å²) in [7, 11) is 0. The largest absolute Gasteiger partial charge is 0.459 e. The summed E-state index contributed by atoms with van der Waals surface area (Å²) >= 11 is 1.06. The van der Waals surface area contributed by atoms with Crippen molar-refractivity contribution < 1.29 is 29.3 Å². The molecule has 0 saturated carbocycles. The van der Waals surface area contributed by atoms with E-state index in [-0.39, 0.29) is 5.75 Å². The second kappa shape index (κ2) is 5.51. The highest BCUT2D eigenvalue weighted by molar-refractivity contribution is 7.99. The average Bonchev–Trinajstić information content (AvgIpc) is 2.16. The van der Waals surface area contributed by atoms with Crippen molar-refractivity contribution in [3.8, 4) is 0 Å². The maximum absolute atomic E-state index is 10.8. The molecule has 0 unspecified atom stereocenters. The fourth-order valence-electron chi connectivity index (χ4n) is 1.40. The number of esters is 2. The zero-order chi connectivity index (χ0) is 12.3. The third-order valence-corrected chi connectivity index (χ3v) is 3.18. The molecule has 1 aliphatic rings. The van der Waals surface area contributed by atoms with E-state index < -0.39 is 35.7 Å². The Hall–Kier alpha value is -0.790. The Bertz CT molecular complexity index is 281. The van der Waals surface area contributed by atoms with Gasteiger partial charge in [0.15, 0.2) is 6.10 Å². The van der Waals surface area contributed by atoms with Crippen LogP contribution in [0, 0.1) is 0 Å². The second-order valence-electron chi connectivity index (χ2n) is 3.44. The van der Waals surface area contributed by atoms with E-state index in [1.807, 2.05) is 0 Å². The van der Waals surface area contributed by atoms with Crippen molar-refractivity contribution in [2.45, 2.75) is 37.6 Å². The van der Waals surface area contributed by atoms with Gasteiger partial charge in [0, 0.05) is 19.6 Å². The lowest BCUT2D eigenvalue weighted by Crippen LogP contribution is -2.52. The minimum atomic E-state index is -1.20. The summed E-state index contributed by atoms with van der Waals surface area (Å²) in [5, 5.41) is 19.3. The van der Waals surface area contributed by atoms with Crippen LogP contribution in [0.4, 0.5) is 0 Å². The molecule has 1 aliphatic heterocycles. The molecule has 0 radical (unpaired) electrons. The highest BCUT2D eigenvalue weighted by Crippen LogP contribution is 2.28. The Morgan fingerprint density at radius 2 is 1.75 bits per heavy atom. The quantitative estimate of drug-likeness (QED) is 0.624.